The molecule has 1 aromatic carbocycles. The topological polar surface area (TPSA) is 82.1 Å². The number of ether oxygens (including phenoxy) is 1. The van der Waals surface area contributed by atoms with Gasteiger partial charge in [-0.3, -0.25) is 4.79 Å². The molecule has 7 heteroatoms. The molecule has 0 radical (unpaired) electrons. The van der Waals surface area contributed by atoms with E-state index in [2.05, 4.69) is 41.4 Å². The minimum absolute atomic E-state index is 0.0553. The Morgan fingerprint density at radius 3 is 2.72 bits per heavy atom. The van der Waals surface area contributed by atoms with Crippen LogP contribution in [0.15, 0.2) is 24.3 Å². The van der Waals surface area contributed by atoms with E-state index >= 15 is 0 Å². The average molecular weight is 406 g/mol. The molecule has 1 aromatic rings. The zero-order valence-corrected chi connectivity index (χ0v) is 17.9. The minimum atomic E-state index is -0.250. The highest BCUT2D eigenvalue weighted by molar-refractivity contribution is 5.75. The Bertz CT molecular complexity index is 663. The maximum atomic E-state index is 12.8. The van der Waals surface area contributed by atoms with E-state index in [1.54, 1.807) is 7.11 Å². The molecule has 2 aliphatic rings. The number of benzene rings is 1. The molecule has 1 saturated carbocycles. The Morgan fingerprint density at radius 2 is 2.10 bits per heavy atom. The zero-order chi connectivity index (χ0) is 21.3. The van der Waals surface area contributed by atoms with Gasteiger partial charge in [0.25, 0.3) is 6.47 Å². The summed E-state index contributed by atoms with van der Waals surface area (Å²) in [7, 11) is 3.68. The third-order valence-corrected chi connectivity index (χ3v) is 5.85. The molecule has 0 aromatic heterocycles. The zero-order valence-electron chi connectivity index (χ0n) is 17.9. The third-order valence-electron chi connectivity index (χ3n) is 5.85. The van der Waals surface area contributed by atoms with Crippen LogP contribution in [-0.4, -0.2) is 74.4 Å². The number of carbonyl (C=O) groups is 2. The van der Waals surface area contributed by atoms with E-state index in [0.717, 1.165) is 45.6 Å². The van der Waals surface area contributed by atoms with Crippen LogP contribution in [0.1, 0.15) is 36.8 Å². The van der Waals surface area contributed by atoms with E-state index in [4.69, 9.17) is 14.6 Å². The predicted molar refractivity (Wildman–Crippen MR) is 113 cm³/mol. The van der Waals surface area contributed by atoms with Crippen LogP contribution in [0.3, 0.4) is 0 Å². The summed E-state index contributed by atoms with van der Waals surface area (Å²) < 4.78 is 5.20. The van der Waals surface area contributed by atoms with Crippen LogP contribution in [0.2, 0.25) is 0 Å². The lowest BCUT2D eigenvalue weighted by molar-refractivity contribution is -0.122. The summed E-state index contributed by atoms with van der Waals surface area (Å²) in [4.78, 5) is 25.5. The maximum Gasteiger partial charge on any atom is 0.317 e. The SMILES string of the molecule is COCCN1CCCC(CN(C)C(=O)NC2(c3ccccc3C)CC2)C1.O=CO. The molecule has 162 valence electrons. The summed E-state index contributed by atoms with van der Waals surface area (Å²) in [6, 6.07) is 8.45. The first-order valence-corrected chi connectivity index (χ1v) is 10.3. The molecule has 2 fully saturated rings. The number of piperidine rings is 1. The number of urea groups is 1. The average Bonchev–Trinajstić information content (AvgIpc) is 3.48. The van der Waals surface area contributed by atoms with E-state index in [1.165, 1.54) is 24.0 Å². The van der Waals surface area contributed by atoms with Crippen LogP contribution in [0, 0.1) is 12.8 Å². The molecule has 0 spiro atoms. The van der Waals surface area contributed by atoms with Crippen molar-refractivity contribution in [1.82, 2.24) is 15.1 Å². The van der Waals surface area contributed by atoms with Gasteiger partial charge in [0.1, 0.15) is 0 Å². The fourth-order valence-corrected chi connectivity index (χ4v) is 4.19. The molecule has 7 nitrogen and oxygen atoms in total. The van der Waals surface area contributed by atoms with E-state index in [-0.39, 0.29) is 18.0 Å². The number of nitrogens with one attached hydrogen (secondary N) is 1. The molecule has 1 unspecified atom stereocenters. The van der Waals surface area contributed by atoms with Gasteiger partial charge in [-0.05, 0) is 56.2 Å². The number of carbonyl (C=O) groups excluding carboxylic acids is 1. The van der Waals surface area contributed by atoms with Crippen LogP contribution >= 0.6 is 0 Å². The van der Waals surface area contributed by atoms with E-state index < -0.39 is 0 Å². The second kappa shape index (κ2) is 11.2. The van der Waals surface area contributed by atoms with Gasteiger partial charge in [0.05, 0.1) is 12.1 Å². The van der Waals surface area contributed by atoms with Crippen molar-refractivity contribution in [2.75, 3.05) is 46.9 Å². The van der Waals surface area contributed by atoms with Gasteiger partial charge in [-0.2, -0.15) is 0 Å². The first-order valence-electron chi connectivity index (χ1n) is 10.3. The number of hydrogen-bond acceptors (Lipinski definition) is 4. The lowest BCUT2D eigenvalue weighted by atomic mass is 9.97. The summed E-state index contributed by atoms with van der Waals surface area (Å²) in [5, 5.41) is 10.2. The Labute approximate surface area is 174 Å². The van der Waals surface area contributed by atoms with Gasteiger partial charge >= 0.3 is 6.03 Å². The molecule has 3 rings (SSSR count). The Hall–Kier alpha value is -2.12. The maximum absolute atomic E-state index is 12.8. The van der Waals surface area contributed by atoms with Gasteiger partial charge in [-0.1, -0.05) is 24.3 Å². The smallest absolute Gasteiger partial charge is 0.317 e. The number of aryl methyl sites for hydroxylation is 1. The lowest BCUT2D eigenvalue weighted by Crippen LogP contribution is -2.47. The van der Waals surface area contributed by atoms with Crippen molar-refractivity contribution in [1.29, 1.82) is 0 Å². The highest BCUT2D eigenvalue weighted by atomic mass is 16.5. The van der Waals surface area contributed by atoms with Crippen LogP contribution < -0.4 is 5.32 Å². The number of hydrogen-bond donors (Lipinski definition) is 2. The Balaban J connectivity index is 0.000000941. The molecule has 1 saturated heterocycles. The van der Waals surface area contributed by atoms with Gasteiger partial charge in [0.2, 0.25) is 0 Å². The molecule has 29 heavy (non-hydrogen) atoms. The van der Waals surface area contributed by atoms with Gasteiger partial charge in [-0.25, -0.2) is 4.79 Å². The van der Waals surface area contributed by atoms with E-state index in [9.17, 15) is 4.79 Å². The predicted octanol–water partition coefficient (Wildman–Crippen LogP) is 2.68. The number of rotatable bonds is 7. The molecule has 0 bridgehead atoms. The van der Waals surface area contributed by atoms with Crippen LogP contribution in [0.25, 0.3) is 0 Å². The second-order valence-electron chi connectivity index (χ2n) is 8.11. The summed E-state index contributed by atoms with van der Waals surface area (Å²) in [6.07, 6.45) is 4.47. The molecule has 2 N–H and O–H groups in total. The van der Waals surface area contributed by atoms with Gasteiger partial charge < -0.3 is 25.0 Å². The first kappa shape index (κ1) is 23.2. The molecule has 2 amide bonds. The number of likely N-dealkylation sites (tertiary alicyclic amines) is 1. The van der Waals surface area contributed by atoms with Crippen molar-refractivity contribution in [3.05, 3.63) is 35.4 Å². The third kappa shape index (κ3) is 6.72. The van der Waals surface area contributed by atoms with Crippen molar-refractivity contribution in [3.8, 4) is 0 Å². The number of methoxy groups -OCH3 is 1. The number of amides is 2. The summed E-state index contributed by atoms with van der Waals surface area (Å²) in [5.74, 6) is 0.546. The molecule has 1 heterocycles. The highest BCUT2D eigenvalue weighted by Crippen LogP contribution is 2.46. The van der Waals surface area contributed by atoms with Crippen molar-refractivity contribution in [2.45, 2.75) is 38.1 Å². The summed E-state index contributed by atoms with van der Waals surface area (Å²) >= 11 is 0. The molecule has 1 aliphatic heterocycles. The number of carboxylic acid groups (broad SMARTS) is 1. The Kier molecular flexibility index (Phi) is 8.92. The highest BCUT2D eigenvalue weighted by Gasteiger charge is 2.46. The van der Waals surface area contributed by atoms with Crippen molar-refractivity contribution >= 4 is 12.5 Å². The molecular weight excluding hydrogens is 370 g/mol. The molecule has 1 aliphatic carbocycles. The van der Waals surface area contributed by atoms with Gasteiger partial charge in [0.15, 0.2) is 0 Å². The largest absolute Gasteiger partial charge is 0.483 e. The van der Waals surface area contributed by atoms with Crippen LogP contribution in [-0.2, 0) is 15.1 Å². The molecular formula is C22H35N3O4. The minimum Gasteiger partial charge on any atom is -0.483 e. The molecule has 1 atom stereocenters. The number of nitrogens with zero attached hydrogens (tertiary/aromatic N) is 2. The lowest BCUT2D eigenvalue weighted by Gasteiger charge is -2.35. The quantitative estimate of drug-likeness (QED) is 0.682. The van der Waals surface area contributed by atoms with Crippen LogP contribution in [0.5, 0.6) is 0 Å². The monoisotopic (exact) mass is 405 g/mol. The standard InChI is InChI=1S/C21H33N3O2.CH2O2/c1-17-7-4-5-9-19(17)21(10-11-21)22-20(25)23(2)15-18-8-6-12-24(16-18)13-14-26-3;2-1-3/h4-5,7,9,18H,6,8,10-16H2,1-3H3,(H,22,25);1H,(H,2,3). The van der Waals surface area contributed by atoms with Crippen molar-refractivity contribution in [3.63, 3.8) is 0 Å². The summed E-state index contributed by atoms with van der Waals surface area (Å²) in [6.45, 7) is 6.67. The normalized spacial score (nSPS) is 20.2. The van der Waals surface area contributed by atoms with E-state index in [1.807, 2.05) is 11.9 Å². The fourth-order valence-electron chi connectivity index (χ4n) is 4.19. The Morgan fingerprint density at radius 1 is 1.41 bits per heavy atom. The fraction of sp³-hybridized carbons (Fsp3) is 0.636. The first-order chi connectivity index (χ1) is 14.0. The van der Waals surface area contributed by atoms with Gasteiger partial charge in [0, 0.05) is 33.8 Å². The van der Waals surface area contributed by atoms with Gasteiger partial charge in [-0.15, -0.1) is 0 Å². The van der Waals surface area contributed by atoms with Crippen molar-refractivity contribution < 1.29 is 19.4 Å². The summed E-state index contributed by atoms with van der Waals surface area (Å²) in [5.41, 5.74) is 2.38. The van der Waals surface area contributed by atoms with Crippen molar-refractivity contribution in [2.24, 2.45) is 5.92 Å². The van der Waals surface area contributed by atoms with E-state index in [0.29, 0.717) is 5.92 Å². The van der Waals surface area contributed by atoms with Crippen LogP contribution in [0.4, 0.5) is 4.79 Å². The second-order valence-corrected chi connectivity index (χ2v) is 8.11.